The molecule has 7 heteroatoms. The van der Waals surface area contributed by atoms with E-state index >= 15 is 0 Å². The first kappa shape index (κ1) is 13.0. The number of aromatic amines is 1. The Morgan fingerprint density at radius 3 is 2.50 bits per heavy atom. The van der Waals surface area contributed by atoms with Crippen molar-refractivity contribution in [2.75, 3.05) is 14.2 Å². The third kappa shape index (κ3) is 2.12. The maximum Gasteiger partial charge on any atom is 0.330 e. The summed E-state index contributed by atoms with van der Waals surface area (Å²) in [4.78, 5) is 24.9. The molecular formula is C11H16N2O5. The summed E-state index contributed by atoms with van der Waals surface area (Å²) in [7, 11) is 3.09. The summed E-state index contributed by atoms with van der Waals surface area (Å²) in [5.74, 6) is 0. The van der Waals surface area contributed by atoms with Gasteiger partial charge in [-0.15, -0.1) is 0 Å². The van der Waals surface area contributed by atoms with Gasteiger partial charge in [-0.1, -0.05) is 0 Å². The highest BCUT2D eigenvalue weighted by atomic mass is 16.6. The van der Waals surface area contributed by atoms with Crippen LogP contribution in [0.5, 0.6) is 0 Å². The Balaban J connectivity index is 2.38. The normalized spacial score (nSPS) is 31.7. The molecule has 0 aromatic carbocycles. The molecule has 2 heterocycles. The Hall–Kier alpha value is -1.44. The van der Waals surface area contributed by atoms with E-state index in [0.29, 0.717) is 0 Å². The number of hydrogen-bond acceptors (Lipinski definition) is 5. The van der Waals surface area contributed by atoms with Crippen LogP contribution in [-0.4, -0.2) is 42.1 Å². The van der Waals surface area contributed by atoms with Crippen molar-refractivity contribution in [2.45, 2.75) is 31.5 Å². The summed E-state index contributed by atoms with van der Waals surface area (Å²) in [6.07, 6.45) is -0.0988. The summed E-state index contributed by atoms with van der Waals surface area (Å²) in [6, 6.07) is 1.27. The number of H-pyrrole nitrogens is 1. The van der Waals surface area contributed by atoms with Crippen LogP contribution in [0.3, 0.4) is 0 Å². The largest absolute Gasteiger partial charge is 0.376 e. The van der Waals surface area contributed by atoms with Gasteiger partial charge in [0.1, 0.15) is 12.2 Å². The lowest BCUT2D eigenvalue weighted by Gasteiger charge is -2.21. The molecule has 1 unspecified atom stereocenters. The second kappa shape index (κ2) is 5.05. The predicted octanol–water partition coefficient (Wildman–Crippen LogP) is -0.516. The molecule has 2 rings (SSSR count). The van der Waals surface area contributed by atoms with Gasteiger partial charge in [-0.25, -0.2) is 4.79 Å². The van der Waals surface area contributed by atoms with E-state index in [1.54, 1.807) is 7.11 Å². The van der Waals surface area contributed by atoms with Crippen molar-refractivity contribution >= 4 is 0 Å². The Bertz CT molecular complexity index is 523. The van der Waals surface area contributed by atoms with E-state index in [2.05, 4.69) is 4.98 Å². The molecule has 1 fully saturated rings. The van der Waals surface area contributed by atoms with Gasteiger partial charge >= 0.3 is 5.69 Å². The Labute approximate surface area is 103 Å². The van der Waals surface area contributed by atoms with Crippen molar-refractivity contribution in [1.82, 2.24) is 9.55 Å². The minimum Gasteiger partial charge on any atom is -0.376 e. The van der Waals surface area contributed by atoms with Crippen LogP contribution in [0.15, 0.2) is 21.9 Å². The highest BCUT2D eigenvalue weighted by molar-refractivity contribution is 4.93. The summed E-state index contributed by atoms with van der Waals surface area (Å²) >= 11 is 0. The van der Waals surface area contributed by atoms with Crippen LogP contribution in [0.4, 0.5) is 0 Å². The van der Waals surface area contributed by atoms with Crippen molar-refractivity contribution in [2.24, 2.45) is 0 Å². The zero-order valence-corrected chi connectivity index (χ0v) is 10.5. The van der Waals surface area contributed by atoms with E-state index in [1.165, 1.54) is 23.9 Å². The molecular weight excluding hydrogens is 240 g/mol. The summed E-state index contributed by atoms with van der Waals surface area (Å²) in [6.45, 7) is 1.84. The van der Waals surface area contributed by atoms with E-state index in [9.17, 15) is 9.59 Å². The van der Waals surface area contributed by atoms with Gasteiger partial charge in [0, 0.05) is 26.5 Å². The molecule has 1 aromatic rings. The minimum atomic E-state index is -0.612. The number of nitrogens with zero attached hydrogens (tertiary/aromatic N) is 1. The Morgan fingerprint density at radius 1 is 1.28 bits per heavy atom. The van der Waals surface area contributed by atoms with Crippen molar-refractivity contribution in [3.05, 3.63) is 33.1 Å². The van der Waals surface area contributed by atoms with Crippen LogP contribution in [0.1, 0.15) is 13.2 Å². The first-order chi connectivity index (χ1) is 8.58. The van der Waals surface area contributed by atoms with Gasteiger partial charge in [0.15, 0.2) is 6.23 Å². The van der Waals surface area contributed by atoms with Gasteiger partial charge < -0.3 is 14.2 Å². The van der Waals surface area contributed by atoms with Crippen molar-refractivity contribution in [3.63, 3.8) is 0 Å². The quantitative estimate of drug-likeness (QED) is 0.787. The third-order valence-electron chi connectivity index (χ3n) is 3.09. The molecule has 0 amide bonds. The lowest BCUT2D eigenvalue weighted by Crippen LogP contribution is -2.39. The van der Waals surface area contributed by atoms with Crippen molar-refractivity contribution in [3.8, 4) is 0 Å². The van der Waals surface area contributed by atoms with Gasteiger partial charge in [0.25, 0.3) is 5.56 Å². The molecule has 4 atom stereocenters. The lowest BCUT2D eigenvalue weighted by molar-refractivity contribution is -0.0546. The zero-order chi connectivity index (χ0) is 13.3. The molecule has 0 aliphatic carbocycles. The maximum atomic E-state index is 11.7. The fourth-order valence-corrected chi connectivity index (χ4v) is 2.23. The summed E-state index contributed by atoms with van der Waals surface area (Å²) < 4.78 is 17.6. The fourth-order valence-electron chi connectivity index (χ4n) is 2.23. The number of aromatic nitrogens is 2. The first-order valence-electron chi connectivity index (χ1n) is 5.61. The number of ether oxygens (including phenoxy) is 3. The smallest absolute Gasteiger partial charge is 0.330 e. The second-order valence-corrected chi connectivity index (χ2v) is 4.15. The van der Waals surface area contributed by atoms with Crippen LogP contribution in [-0.2, 0) is 14.2 Å². The SMILES string of the molecule is COC1[C@@H](C)O[C@@H](n2ccc(=O)[nH]c2=O)[C@H]1OC. The molecule has 1 aliphatic rings. The van der Waals surface area contributed by atoms with E-state index < -0.39 is 23.6 Å². The van der Waals surface area contributed by atoms with Gasteiger partial charge in [0.05, 0.1) is 6.10 Å². The van der Waals surface area contributed by atoms with Crippen LogP contribution in [0.2, 0.25) is 0 Å². The molecule has 1 N–H and O–H groups in total. The molecule has 7 nitrogen and oxygen atoms in total. The van der Waals surface area contributed by atoms with Crippen LogP contribution in [0.25, 0.3) is 0 Å². The molecule has 1 aliphatic heterocycles. The van der Waals surface area contributed by atoms with E-state index in [4.69, 9.17) is 14.2 Å². The Kier molecular flexibility index (Phi) is 3.65. The molecule has 0 saturated carbocycles. The van der Waals surface area contributed by atoms with Crippen LogP contribution < -0.4 is 11.2 Å². The maximum absolute atomic E-state index is 11.7. The van der Waals surface area contributed by atoms with Crippen LogP contribution >= 0.6 is 0 Å². The van der Waals surface area contributed by atoms with E-state index in [1.807, 2.05) is 6.92 Å². The minimum absolute atomic E-state index is 0.205. The standard InChI is InChI=1S/C11H16N2O5/c1-6-8(16-2)9(17-3)10(18-6)13-5-4-7(14)12-11(13)15/h4-6,8-10H,1-3H3,(H,12,14,15)/t6-,8?,9+,10-/m1/s1. The monoisotopic (exact) mass is 256 g/mol. The highest BCUT2D eigenvalue weighted by Gasteiger charge is 2.44. The first-order valence-corrected chi connectivity index (χ1v) is 5.61. The predicted molar refractivity (Wildman–Crippen MR) is 62.5 cm³/mol. The number of hydrogen-bond donors (Lipinski definition) is 1. The van der Waals surface area contributed by atoms with Gasteiger partial charge in [-0.3, -0.25) is 14.3 Å². The highest BCUT2D eigenvalue weighted by Crippen LogP contribution is 2.31. The molecule has 0 spiro atoms. The molecule has 0 bridgehead atoms. The van der Waals surface area contributed by atoms with Crippen molar-refractivity contribution < 1.29 is 14.2 Å². The average Bonchev–Trinajstić information content (AvgIpc) is 2.65. The average molecular weight is 256 g/mol. The van der Waals surface area contributed by atoms with E-state index in [0.717, 1.165) is 0 Å². The van der Waals surface area contributed by atoms with E-state index in [-0.39, 0.29) is 12.2 Å². The lowest BCUT2D eigenvalue weighted by atomic mass is 10.1. The second-order valence-electron chi connectivity index (χ2n) is 4.15. The third-order valence-corrected chi connectivity index (χ3v) is 3.09. The molecule has 100 valence electrons. The number of rotatable bonds is 3. The molecule has 0 radical (unpaired) electrons. The summed E-state index contributed by atoms with van der Waals surface area (Å²) in [5.41, 5.74) is -0.974. The van der Waals surface area contributed by atoms with Gasteiger partial charge in [0.2, 0.25) is 0 Å². The summed E-state index contributed by atoms with van der Waals surface area (Å²) in [5, 5.41) is 0. The van der Waals surface area contributed by atoms with Crippen molar-refractivity contribution in [1.29, 1.82) is 0 Å². The Morgan fingerprint density at radius 2 is 1.94 bits per heavy atom. The van der Waals surface area contributed by atoms with Crippen LogP contribution in [0, 0.1) is 0 Å². The zero-order valence-electron chi connectivity index (χ0n) is 10.5. The number of methoxy groups -OCH3 is 2. The fraction of sp³-hybridized carbons (Fsp3) is 0.636. The molecule has 1 aromatic heterocycles. The topological polar surface area (TPSA) is 82.5 Å². The number of nitrogens with one attached hydrogen (secondary N) is 1. The molecule has 18 heavy (non-hydrogen) atoms. The van der Waals surface area contributed by atoms with Gasteiger partial charge in [-0.05, 0) is 6.92 Å². The van der Waals surface area contributed by atoms with Gasteiger partial charge in [-0.2, -0.15) is 0 Å². The molecule has 1 saturated heterocycles.